The molecular formula is C30H29F3. The molecule has 3 rings (SSSR count). The van der Waals surface area contributed by atoms with Gasteiger partial charge in [-0.05, 0) is 62.3 Å². The van der Waals surface area contributed by atoms with Crippen molar-refractivity contribution in [1.29, 1.82) is 0 Å². The van der Waals surface area contributed by atoms with Crippen LogP contribution in [-0.2, 0) is 12.8 Å². The molecule has 0 unspecified atom stereocenters. The Kier molecular flexibility index (Phi) is 8.88. The van der Waals surface area contributed by atoms with E-state index in [2.05, 4.69) is 12.2 Å². The second-order valence-corrected chi connectivity index (χ2v) is 7.93. The number of aryl methyl sites for hydroxylation is 2. The predicted octanol–water partition coefficient (Wildman–Crippen LogP) is 9.27. The molecule has 0 aliphatic rings. The molecule has 0 heterocycles. The third-order valence-electron chi connectivity index (χ3n) is 5.56. The van der Waals surface area contributed by atoms with Gasteiger partial charge in [-0.25, -0.2) is 13.2 Å². The first-order chi connectivity index (χ1) is 16.0. The molecule has 0 N–H and O–H groups in total. The quantitative estimate of drug-likeness (QED) is 0.227. The molecule has 0 saturated carbocycles. The van der Waals surface area contributed by atoms with Crippen molar-refractivity contribution in [1.82, 2.24) is 0 Å². The van der Waals surface area contributed by atoms with E-state index in [1.54, 1.807) is 24.3 Å². The number of hydrogen-bond acceptors (Lipinski definition) is 0. The molecule has 0 aliphatic heterocycles. The van der Waals surface area contributed by atoms with E-state index in [9.17, 15) is 13.2 Å². The first kappa shape index (κ1) is 24.3. The summed E-state index contributed by atoms with van der Waals surface area (Å²) in [7, 11) is 0. The smallest absolute Gasteiger partial charge is 0.166 e. The minimum Gasteiger partial charge on any atom is -0.206 e. The standard InChI is InChI=1S/C30H29F3/c1-3-5-7-9-22-11-15-24(16-12-22)27-20-19-26(21-28(27)31)30(33)29(32)25-17-13-23(14-18-25)10-8-6-4-2/h3-6,11-21H,7-10H2,1-2H3/b5-3+,6-4+,30-29+. The zero-order chi connectivity index (χ0) is 23.6. The molecule has 0 bridgehead atoms. The van der Waals surface area contributed by atoms with Crippen LogP contribution in [-0.4, -0.2) is 0 Å². The van der Waals surface area contributed by atoms with E-state index in [0.717, 1.165) is 42.9 Å². The summed E-state index contributed by atoms with van der Waals surface area (Å²) < 4.78 is 44.3. The highest BCUT2D eigenvalue weighted by Gasteiger charge is 2.14. The molecule has 33 heavy (non-hydrogen) atoms. The van der Waals surface area contributed by atoms with Gasteiger partial charge in [-0.2, -0.15) is 0 Å². The van der Waals surface area contributed by atoms with Crippen molar-refractivity contribution >= 4 is 11.7 Å². The van der Waals surface area contributed by atoms with Gasteiger partial charge < -0.3 is 0 Å². The van der Waals surface area contributed by atoms with E-state index in [1.165, 1.54) is 12.1 Å². The Labute approximate surface area is 194 Å². The van der Waals surface area contributed by atoms with Crippen LogP contribution in [0.15, 0.2) is 91.0 Å². The number of halogens is 3. The van der Waals surface area contributed by atoms with Gasteiger partial charge in [-0.15, -0.1) is 0 Å². The SMILES string of the molecule is C/C=C/CCc1ccc(/C(F)=C(\F)c2ccc(-c3ccc(CC/C=C/C)cc3)c(F)c2)cc1. The Morgan fingerprint density at radius 3 is 1.67 bits per heavy atom. The summed E-state index contributed by atoms with van der Waals surface area (Å²) in [6.45, 7) is 3.95. The highest BCUT2D eigenvalue weighted by molar-refractivity contribution is 5.84. The van der Waals surface area contributed by atoms with Crippen molar-refractivity contribution in [3.8, 4) is 11.1 Å². The molecule has 170 valence electrons. The first-order valence-corrected chi connectivity index (χ1v) is 11.3. The molecule has 0 atom stereocenters. The maximum absolute atomic E-state index is 14.8. The molecular weight excluding hydrogens is 417 g/mol. The fraction of sp³-hybridized carbons (Fsp3) is 0.200. The second kappa shape index (κ2) is 12.1. The van der Waals surface area contributed by atoms with Gasteiger partial charge in [0, 0.05) is 16.7 Å². The predicted molar refractivity (Wildman–Crippen MR) is 134 cm³/mol. The lowest BCUT2D eigenvalue weighted by molar-refractivity contribution is 0.628. The number of rotatable bonds is 9. The molecule has 0 amide bonds. The molecule has 0 radical (unpaired) electrons. The van der Waals surface area contributed by atoms with Crippen LogP contribution in [0, 0.1) is 5.82 Å². The fourth-order valence-corrected chi connectivity index (χ4v) is 3.64. The van der Waals surface area contributed by atoms with Crippen molar-refractivity contribution in [2.75, 3.05) is 0 Å². The Bertz CT molecular complexity index is 1130. The van der Waals surface area contributed by atoms with Crippen LogP contribution in [0.5, 0.6) is 0 Å². The third kappa shape index (κ3) is 6.58. The lowest BCUT2D eigenvalue weighted by atomic mass is 9.99. The molecule has 3 aromatic rings. The summed E-state index contributed by atoms with van der Waals surface area (Å²) in [5.74, 6) is -2.65. The molecule has 0 nitrogen and oxygen atoms in total. The van der Waals surface area contributed by atoms with Crippen molar-refractivity contribution in [2.24, 2.45) is 0 Å². The van der Waals surface area contributed by atoms with Crippen molar-refractivity contribution < 1.29 is 13.2 Å². The normalized spacial score (nSPS) is 12.5. The van der Waals surface area contributed by atoms with Gasteiger partial charge in [0.15, 0.2) is 11.7 Å². The van der Waals surface area contributed by atoms with Crippen molar-refractivity contribution in [3.05, 3.63) is 119 Å². The van der Waals surface area contributed by atoms with E-state index in [1.807, 2.05) is 50.3 Å². The van der Waals surface area contributed by atoms with Crippen LogP contribution in [0.1, 0.15) is 48.9 Å². The average Bonchev–Trinajstić information content (AvgIpc) is 2.84. The van der Waals surface area contributed by atoms with Gasteiger partial charge in [-0.1, -0.05) is 85.0 Å². The maximum atomic E-state index is 14.8. The fourth-order valence-electron chi connectivity index (χ4n) is 3.64. The third-order valence-corrected chi connectivity index (χ3v) is 5.56. The number of benzene rings is 3. The van der Waals surface area contributed by atoms with Crippen LogP contribution in [0.4, 0.5) is 13.2 Å². The summed E-state index contributed by atoms with van der Waals surface area (Å²) in [6.07, 6.45) is 11.8. The van der Waals surface area contributed by atoms with Crippen molar-refractivity contribution in [2.45, 2.75) is 39.5 Å². The van der Waals surface area contributed by atoms with E-state index in [4.69, 9.17) is 0 Å². The Hall–Kier alpha value is -3.33. The van der Waals surface area contributed by atoms with E-state index >= 15 is 0 Å². The highest BCUT2D eigenvalue weighted by atomic mass is 19.2. The zero-order valence-corrected chi connectivity index (χ0v) is 19.1. The average molecular weight is 447 g/mol. The van der Waals surface area contributed by atoms with Gasteiger partial charge in [-0.3, -0.25) is 0 Å². The summed E-state index contributed by atoms with van der Waals surface area (Å²) >= 11 is 0. The topological polar surface area (TPSA) is 0 Å². The van der Waals surface area contributed by atoms with Gasteiger partial charge in [0.05, 0.1) is 0 Å². The molecule has 3 heteroatoms. The Morgan fingerprint density at radius 2 is 1.15 bits per heavy atom. The Morgan fingerprint density at radius 1 is 0.667 bits per heavy atom. The summed E-state index contributed by atoms with van der Waals surface area (Å²) in [5.41, 5.74) is 3.30. The number of allylic oxidation sites excluding steroid dienone is 4. The lowest BCUT2D eigenvalue weighted by Crippen LogP contribution is -1.91. The minimum atomic E-state index is -1.07. The van der Waals surface area contributed by atoms with Crippen LogP contribution < -0.4 is 0 Å². The van der Waals surface area contributed by atoms with Crippen LogP contribution in [0.25, 0.3) is 22.8 Å². The minimum absolute atomic E-state index is 0.117. The largest absolute Gasteiger partial charge is 0.206 e. The van der Waals surface area contributed by atoms with E-state index in [-0.39, 0.29) is 11.1 Å². The van der Waals surface area contributed by atoms with E-state index < -0.39 is 17.5 Å². The summed E-state index contributed by atoms with van der Waals surface area (Å²) in [5, 5.41) is 0. The molecule has 0 aromatic heterocycles. The summed E-state index contributed by atoms with van der Waals surface area (Å²) in [6, 6.07) is 18.3. The van der Waals surface area contributed by atoms with Crippen LogP contribution in [0.3, 0.4) is 0 Å². The van der Waals surface area contributed by atoms with Gasteiger partial charge in [0.1, 0.15) is 5.82 Å². The molecule has 0 saturated heterocycles. The Balaban J connectivity index is 1.77. The maximum Gasteiger partial charge on any atom is 0.166 e. The molecule has 0 spiro atoms. The summed E-state index contributed by atoms with van der Waals surface area (Å²) in [4.78, 5) is 0. The van der Waals surface area contributed by atoms with E-state index in [0.29, 0.717) is 11.1 Å². The number of hydrogen-bond donors (Lipinski definition) is 0. The zero-order valence-electron chi connectivity index (χ0n) is 19.1. The van der Waals surface area contributed by atoms with Gasteiger partial charge in [0.2, 0.25) is 0 Å². The van der Waals surface area contributed by atoms with Crippen LogP contribution >= 0.6 is 0 Å². The monoisotopic (exact) mass is 446 g/mol. The van der Waals surface area contributed by atoms with Crippen molar-refractivity contribution in [3.63, 3.8) is 0 Å². The molecule has 0 aliphatic carbocycles. The highest BCUT2D eigenvalue weighted by Crippen LogP contribution is 2.32. The van der Waals surface area contributed by atoms with Crippen LogP contribution in [0.2, 0.25) is 0 Å². The molecule has 0 fully saturated rings. The lowest BCUT2D eigenvalue weighted by Gasteiger charge is -2.08. The van der Waals surface area contributed by atoms with Gasteiger partial charge in [0.25, 0.3) is 0 Å². The molecule has 3 aromatic carbocycles. The second-order valence-electron chi connectivity index (χ2n) is 7.93. The van der Waals surface area contributed by atoms with Gasteiger partial charge >= 0.3 is 0 Å². The first-order valence-electron chi connectivity index (χ1n) is 11.3.